The predicted molar refractivity (Wildman–Crippen MR) is 167 cm³/mol. The molecule has 2 amide bonds. The van der Waals surface area contributed by atoms with Crippen LogP contribution in [0, 0.1) is 12.7 Å². The number of rotatable bonds is 11. The van der Waals surface area contributed by atoms with E-state index in [0.29, 0.717) is 0 Å². The number of benzene rings is 4. The molecule has 1 N–H and O–H groups in total. The lowest BCUT2D eigenvalue weighted by Gasteiger charge is -2.33. The molecule has 0 heterocycles. The molecule has 0 spiro atoms. The summed E-state index contributed by atoms with van der Waals surface area (Å²) in [5.41, 5.74) is 1.87. The van der Waals surface area contributed by atoms with Crippen molar-refractivity contribution >= 4 is 50.7 Å². The molecule has 11 heteroatoms. The zero-order chi connectivity index (χ0) is 31.1. The Hall–Kier alpha value is -3.92. The SMILES string of the molecule is CNC(=O)[C@H](Cc1ccccc1)N(Cc1ccccc1F)C(=O)CN(c1ccc(Cl)c(Cl)c1)S(=O)(=O)c1ccc(C)cc1. The van der Waals surface area contributed by atoms with E-state index >= 15 is 0 Å². The minimum Gasteiger partial charge on any atom is -0.357 e. The first-order chi connectivity index (χ1) is 20.5. The van der Waals surface area contributed by atoms with Crippen LogP contribution in [0.25, 0.3) is 0 Å². The van der Waals surface area contributed by atoms with E-state index in [1.165, 1.54) is 60.5 Å². The molecule has 0 radical (unpaired) electrons. The number of hydrogen-bond donors (Lipinski definition) is 1. The maximum Gasteiger partial charge on any atom is 0.264 e. The molecule has 4 aromatic rings. The highest BCUT2D eigenvalue weighted by molar-refractivity contribution is 7.92. The summed E-state index contributed by atoms with van der Waals surface area (Å²) in [6, 6.07) is 24.3. The van der Waals surface area contributed by atoms with E-state index < -0.39 is 40.2 Å². The van der Waals surface area contributed by atoms with Crippen molar-refractivity contribution < 1.29 is 22.4 Å². The van der Waals surface area contributed by atoms with Crippen LogP contribution in [0.1, 0.15) is 16.7 Å². The Labute approximate surface area is 260 Å². The second kappa shape index (κ2) is 14.0. The highest BCUT2D eigenvalue weighted by atomic mass is 35.5. The molecule has 7 nitrogen and oxygen atoms in total. The first-order valence-electron chi connectivity index (χ1n) is 13.3. The van der Waals surface area contributed by atoms with Gasteiger partial charge in [-0.05, 0) is 48.9 Å². The Kier molecular flexibility index (Phi) is 10.4. The van der Waals surface area contributed by atoms with Crippen molar-refractivity contribution in [3.05, 3.63) is 130 Å². The normalized spacial score (nSPS) is 11.9. The van der Waals surface area contributed by atoms with Crippen molar-refractivity contribution in [2.24, 2.45) is 0 Å². The topological polar surface area (TPSA) is 86.8 Å². The molecule has 0 saturated carbocycles. The lowest BCUT2D eigenvalue weighted by molar-refractivity contribution is -0.139. The third kappa shape index (κ3) is 7.73. The van der Waals surface area contributed by atoms with Crippen LogP contribution in [0.15, 0.2) is 102 Å². The molecular formula is C32H30Cl2FN3O4S. The van der Waals surface area contributed by atoms with Gasteiger partial charge in [-0.15, -0.1) is 0 Å². The van der Waals surface area contributed by atoms with E-state index in [1.54, 1.807) is 30.3 Å². The summed E-state index contributed by atoms with van der Waals surface area (Å²) >= 11 is 12.4. The first kappa shape index (κ1) is 32.0. The van der Waals surface area contributed by atoms with Crippen LogP contribution in [0.5, 0.6) is 0 Å². The molecule has 0 aliphatic carbocycles. The van der Waals surface area contributed by atoms with Crippen LogP contribution in [-0.2, 0) is 32.6 Å². The van der Waals surface area contributed by atoms with Gasteiger partial charge in [-0.1, -0.05) is 89.4 Å². The third-order valence-electron chi connectivity index (χ3n) is 6.90. The van der Waals surface area contributed by atoms with Crippen molar-refractivity contribution in [2.45, 2.75) is 30.8 Å². The Morgan fingerprint density at radius 2 is 1.53 bits per heavy atom. The number of sulfonamides is 1. The molecule has 0 fully saturated rings. The van der Waals surface area contributed by atoms with E-state index in [1.807, 2.05) is 25.1 Å². The van der Waals surface area contributed by atoms with E-state index in [0.717, 1.165) is 15.4 Å². The Morgan fingerprint density at radius 1 is 0.884 bits per heavy atom. The predicted octanol–water partition coefficient (Wildman–Crippen LogP) is 6.02. The molecule has 224 valence electrons. The van der Waals surface area contributed by atoms with Crippen molar-refractivity contribution in [1.29, 1.82) is 0 Å². The molecular weight excluding hydrogens is 612 g/mol. The number of carbonyl (C=O) groups excluding carboxylic acids is 2. The number of amides is 2. The second-order valence-corrected chi connectivity index (χ2v) is 12.5. The van der Waals surface area contributed by atoms with Crippen LogP contribution < -0.4 is 9.62 Å². The van der Waals surface area contributed by atoms with Gasteiger partial charge in [0.05, 0.1) is 20.6 Å². The van der Waals surface area contributed by atoms with E-state index in [4.69, 9.17) is 23.2 Å². The molecule has 4 rings (SSSR count). The van der Waals surface area contributed by atoms with Gasteiger partial charge in [0.25, 0.3) is 10.0 Å². The van der Waals surface area contributed by atoms with Crippen molar-refractivity contribution in [3.63, 3.8) is 0 Å². The first-order valence-corrected chi connectivity index (χ1v) is 15.5. The Bertz CT molecular complexity index is 1700. The summed E-state index contributed by atoms with van der Waals surface area (Å²) in [7, 11) is -2.87. The molecule has 0 unspecified atom stereocenters. The number of hydrogen-bond acceptors (Lipinski definition) is 4. The van der Waals surface area contributed by atoms with Gasteiger partial charge in [-0.2, -0.15) is 0 Å². The number of nitrogens with zero attached hydrogens (tertiary/aromatic N) is 2. The van der Waals surface area contributed by atoms with Gasteiger partial charge in [0.1, 0.15) is 18.4 Å². The fourth-order valence-corrected chi connectivity index (χ4v) is 6.24. The minimum absolute atomic E-state index is 0.0511. The fraction of sp³-hybridized carbons (Fsp3) is 0.188. The Morgan fingerprint density at radius 3 is 2.16 bits per heavy atom. The molecule has 1 atom stereocenters. The van der Waals surface area contributed by atoms with Crippen LogP contribution in [0.3, 0.4) is 0 Å². The van der Waals surface area contributed by atoms with Gasteiger partial charge in [-0.25, -0.2) is 12.8 Å². The largest absolute Gasteiger partial charge is 0.357 e. The number of nitrogens with one attached hydrogen (secondary N) is 1. The Balaban J connectivity index is 1.81. The number of likely N-dealkylation sites (N-methyl/N-ethyl adjacent to an activating group) is 1. The van der Waals surface area contributed by atoms with Crippen LogP contribution in [0.2, 0.25) is 10.0 Å². The van der Waals surface area contributed by atoms with Crippen molar-refractivity contribution in [3.8, 4) is 0 Å². The van der Waals surface area contributed by atoms with Gasteiger partial charge in [0, 0.05) is 25.6 Å². The average molecular weight is 643 g/mol. The third-order valence-corrected chi connectivity index (χ3v) is 9.42. The lowest BCUT2D eigenvalue weighted by Crippen LogP contribution is -2.53. The van der Waals surface area contributed by atoms with E-state index in [-0.39, 0.29) is 39.2 Å². The molecule has 0 aliphatic heterocycles. The second-order valence-electron chi connectivity index (χ2n) is 9.86. The summed E-state index contributed by atoms with van der Waals surface area (Å²) in [5.74, 6) is -1.78. The zero-order valence-electron chi connectivity index (χ0n) is 23.5. The molecule has 0 saturated heterocycles. The van der Waals surface area contributed by atoms with Crippen molar-refractivity contribution in [1.82, 2.24) is 10.2 Å². The maximum absolute atomic E-state index is 14.9. The zero-order valence-corrected chi connectivity index (χ0v) is 25.8. The molecule has 43 heavy (non-hydrogen) atoms. The number of aryl methyl sites for hydroxylation is 1. The average Bonchev–Trinajstić information content (AvgIpc) is 3.00. The van der Waals surface area contributed by atoms with Gasteiger partial charge in [-0.3, -0.25) is 13.9 Å². The molecule has 4 aromatic carbocycles. The van der Waals surface area contributed by atoms with E-state index in [2.05, 4.69) is 5.32 Å². The van der Waals surface area contributed by atoms with Crippen molar-refractivity contribution in [2.75, 3.05) is 17.9 Å². The highest BCUT2D eigenvalue weighted by Crippen LogP contribution is 2.31. The summed E-state index contributed by atoms with van der Waals surface area (Å²) in [5, 5.41) is 2.88. The number of halogens is 3. The summed E-state index contributed by atoms with van der Waals surface area (Å²) in [4.78, 5) is 28.7. The van der Waals surface area contributed by atoms with Gasteiger partial charge in [0.2, 0.25) is 11.8 Å². The number of carbonyl (C=O) groups is 2. The number of anilines is 1. The smallest absolute Gasteiger partial charge is 0.264 e. The minimum atomic E-state index is -4.31. The maximum atomic E-state index is 14.9. The molecule has 0 aromatic heterocycles. The van der Waals surface area contributed by atoms with Gasteiger partial charge >= 0.3 is 0 Å². The van der Waals surface area contributed by atoms with Gasteiger partial charge in [0.15, 0.2) is 0 Å². The highest BCUT2D eigenvalue weighted by Gasteiger charge is 2.34. The summed E-state index contributed by atoms with van der Waals surface area (Å²) in [6.45, 7) is 0.837. The monoisotopic (exact) mass is 641 g/mol. The van der Waals surface area contributed by atoms with Crippen LogP contribution in [0.4, 0.5) is 10.1 Å². The van der Waals surface area contributed by atoms with Crippen LogP contribution >= 0.6 is 23.2 Å². The fourth-order valence-electron chi connectivity index (χ4n) is 4.54. The van der Waals surface area contributed by atoms with Crippen LogP contribution in [-0.4, -0.2) is 44.8 Å². The van der Waals surface area contributed by atoms with E-state index in [9.17, 15) is 22.4 Å². The summed E-state index contributed by atoms with van der Waals surface area (Å²) in [6.07, 6.45) is 0.109. The standard InChI is InChI=1S/C32H30Cl2FN3O4S/c1-22-12-15-26(16-13-22)43(41,42)38(25-14-17-27(33)28(34)19-25)21-31(39)37(20-24-10-6-7-11-29(24)35)30(32(40)36-2)18-23-8-4-3-5-9-23/h3-17,19,30H,18,20-21H2,1-2H3,(H,36,40)/t30-/m0/s1. The summed E-state index contributed by atoms with van der Waals surface area (Å²) < 4.78 is 43.8. The lowest BCUT2D eigenvalue weighted by atomic mass is 10.0. The molecule has 0 aliphatic rings. The molecule has 0 bridgehead atoms. The quantitative estimate of drug-likeness (QED) is 0.217. The van der Waals surface area contributed by atoms with Gasteiger partial charge < -0.3 is 10.2 Å².